The van der Waals surface area contributed by atoms with Gasteiger partial charge in [-0.15, -0.1) is 0 Å². The third-order valence-electron chi connectivity index (χ3n) is 3.56. The largest absolute Gasteiger partial charge is 0.506 e. The minimum Gasteiger partial charge on any atom is -0.506 e. The molecule has 0 aliphatic rings. The molecule has 136 valence electrons. The van der Waals surface area contributed by atoms with Gasteiger partial charge in [0.2, 0.25) is 11.2 Å². The molecule has 3 aromatic rings. The summed E-state index contributed by atoms with van der Waals surface area (Å²) in [6.45, 7) is 0. The molecule has 1 aromatic heterocycles. The summed E-state index contributed by atoms with van der Waals surface area (Å²) in [5.74, 6) is -4.94. The number of phenols is 4. The molecule has 0 amide bonds. The summed E-state index contributed by atoms with van der Waals surface area (Å²) in [6.07, 6.45) is 0. The quantitative estimate of drug-likeness (QED) is 0.278. The Morgan fingerprint density at radius 3 is 2.08 bits per heavy atom. The third kappa shape index (κ3) is 2.55. The summed E-state index contributed by atoms with van der Waals surface area (Å²) in [4.78, 5) is 11.0. The van der Waals surface area contributed by atoms with Crippen LogP contribution < -0.4 is 5.43 Å². The van der Waals surface area contributed by atoms with Crippen molar-refractivity contribution in [2.24, 2.45) is 0 Å². The molecular formula is C15H10O10S. The summed E-state index contributed by atoms with van der Waals surface area (Å²) in [6, 6.07) is 3.89. The number of fused-ring (bicyclic) bond motifs is 1. The summed E-state index contributed by atoms with van der Waals surface area (Å²) < 4.78 is 36.8. The van der Waals surface area contributed by atoms with Crippen LogP contribution in [-0.2, 0) is 10.1 Å². The Morgan fingerprint density at radius 1 is 0.846 bits per heavy atom. The van der Waals surface area contributed by atoms with Crippen molar-refractivity contribution in [3.63, 3.8) is 0 Å². The Morgan fingerprint density at radius 2 is 1.50 bits per heavy atom. The van der Waals surface area contributed by atoms with E-state index in [1.165, 1.54) is 6.07 Å². The number of hydrogen-bond donors (Lipinski definition) is 6. The van der Waals surface area contributed by atoms with Crippen LogP contribution in [0.2, 0.25) is 0 Å². The normalized spacial score (nSPS) is 11.7. The van der Waals surface area contributed by atoms with Gasteiger partial charge in [0.1, 0.15) is 16.7 Å². The molecule has 3 rings (SSSR count). The first-order valence-electron chi connectivity index (χ1n) is 6.77. The highest BCUT2D eigenvalue weighted by Crippen LogP contribution is 2.41. The highest BCUT2D eigenvalue weighted by atomic mass is 32.2. The van der Waals surface area contributed by atoms with Gasteiger partial charge < -0.3 is 29.9 Å². The van der Waals surface area contributed by atoms with E-state index in [2.05, 4.69) is 0 Å². The topological polar surface area (TPSA) is 186 Å². The van der Waals surface area contributed by atoms with Gasteiger partial charge in [0, 0.05) is 11.6 Å². The Labute approximate surface area is 144 Å². The van der Waals surface area contributed by atoms with Gasteiger partial charge in [0.15, 0.2) is 27.9 Å². The summed E-state index contributed by atoms with van der Waals surface area (Å²) >= 11 is 0. The van der Waals surface area contributed by atoms with Crippen molar-refractivity contribution in [2.45, 2.75) is 4.90 Å². The van der Waals surface area contributed by atoms with E-state index in [0.29, 0.717) is 6.07 Å². The molecule has 11 heteroatoms. The molecule has 0 unspecified atom stereocenters. The fraction of sp³-hybridized carbons (Fsp3) is 0. The molecule has 6 N–H and O–H groups in total. The second-order valence-electron chi connectivity index (χ2n) is 5.23. The molecular weight excluding hydrogens is 372 g/mol. The lowest BCUT2D eigenvalue weighted by molar-refractivity contribution is 0.403. The average molecular weight is 382 g/mol. The maximum atomic E-state index is 12.3. The van der Waals surface area contributed by atoms with Gasteiger partial charge in [0.25, 0.3) is 0 Å². The zero-order valence-electron chi connectivity index (χ0n) is 12.5. The fourth-order valence-electron chi connectivity index (χ4n) is 2.41. The van der Waals surface area contributed by atoms with Crippen LogP contribution in [0.5, 0.6) is 28.7 Å². The Balaban J connectivity index is 2.43. The summed E-state index contributed by atoms with van der Waals surface area (Å²) in [7, 11) is -5.08. The van der Waals surface area contributed by atoms with Crippen molar-refractivity contribution < 1.29 is 42.9 Å². The van der Waals surface area contributed by atoms with E-state index in [9.17, 15) is 38.7 Å². The van der Waals surface area contributed by atoms with Gasteiger partial charge in [0.05, 0.1) is 0 Å². The first-order chi connectivity index (χ1) is 12.0. The monoisotopic (exact) mass is 382 g/mol. The molecule has 2 aromatic carbocycles. The predicted molar refractivity (Wildman–Crippen MR) is 86.1 cm³/mol. The van der Waals surface area contributed by atoms with E-state index in [-0.39, 0.29) is 5.56 Å². The number of aromatic hydroxyl groups is 5. The van der Waals surface area contributed by atoms with E-state index in [0.717, 1.165) is 12.1 Å². The van der Waals surface area contributed by atoms with Crippen LogP contribution in [-0.4, -0.2) is 38.5 Å². The highest BCUT2D eigenvalue weighted by Gasteiger charge is 2.28. The van der Waals surface area contributed by atoms with E-state index in [4.69, 9.17) is 8.97 Å². The minimum atomic E-state index is -5.08. The molecule has 0 aliphatic heterocycles. The van der Waals surface area contributed by atoms with Crippen molar-refractivity contribution in [1.82, 2.24) is 0 Å². The number of rotatable bonds is 2. The molecule has 0 aliphatic carbocycles. The van der Waals surface area contributed by atoms with Crippen molar-refractivity contribution in [3.8, 4) is 40.1 Å². The number of benzene rings is 2. The summed E-state index contributed by atoms with van der Waals surface area (Å²) in [5, 5.41) is 47.8. The molecule has 0 bridgehead atoms. The predicted octanol–water partition coefficient (Wildman–Crippen LogP) is 1.23. The molecule has 26 heavy (non-hydrogen) atoms. The van der Waals surface area contributed by atoms with Crippen molar-refractivity contribution in [3.05, 3.63) is 34.5 Å². The Bertz CT molecular complexity index is 1220. The molecule has 0 saturated carbocycles. The van der Waals surface area contributed by atoms with Crippen LogP contribution in [0.25, 0.3) is 22.3 Å². The van der Waals surface area contributed by atoms with Crippen molar-refractivity contribution in [1.29, 1.82) is 0 Å². The maximum absolute atomic E-state index is 12.3. The minimum absolute atomic E-state index is 0.0327. The van der Waals surface area contributed by atoms with Crippen LogP contribution in [0.4, 0.5) is 0 Å². The second-order valence-corrected chi connectivity index (χ2v) is 6.59. The van der Waals surface area contributed by atoms with Gasteiger partial charge >= 0.3 is 10.1 Å². The Hall–Kier alpha value is -3.44. The number of hydrogen-bond acceptors (Lipinski definition) is 9. The van der Waals surface area contributed by atoms with Crippen molar-refractivity contribution >= 4 is 21.1 Å². The van der Waals surface area contributed by atoms with E-state index < -0.39 is 65.9 Å². The van der Waals surface area contributed by atoms with Gasteiger partial charge in [-0.1, -0.05) is 0 Å². The lowest BCUT2D eigenvalue weighted by Gasteiger charge is -2.10. The Kier molecular flexibility index (Phi) is 3.70. The summed E-state index contributed by atoms with van der Waals surface area (Å²) in [5.41, 5.74) is -1.79. The zero-order chi connectivity index (χ0) is 19.4. The molecule has 0 fully saturated rings. The maximum Gasteiger partial charge on any atom is 0.301 e. The highest BCUT2D eigenvalue weighted by molar-refractivity contribution is 7.86. The molecule has 0 saturated heterocycles. The molecule has 0 atom stereocenters. The first-order valence-corrected chi connectivity index (χ1v) is 8.21. The van der Waals surface area contributed by atoms with Crippen LogP contribution >= 0.6 is 0 Å². The standard InChI is InChI=1S/C15H10O10S/c16-6-2-1-5(3-7(6)17)14-13(21)11(19)10-9(25-14)4-8(18)15(12(10)20)26(22,23)24/h1-4,16-18,20-21H,(H,22,23,24). The molecule has 1 heterocycles. The third-order valence-corrected chi connectivity index (χ3v) is 4.48. The lowest BCUT2D eigenvalue weighted by Crippen LogP contribution is -2.06. The molecule has 0 radical (unpaired) electrons. The first kappa shape index (κ1) is 17.4. The van der Waals surface area contributed by atoms with Crippen LogP contribution in [0.15, 0.2) is 38.4 Å². The van der Waals surface area contributed by atoms with Crippen molar-refractivity contribution in [2.75, 3.05) is 0 Å². The van der Waals surface area contributed by atoms with E-state index in [1.807, 2.05) is 0 Å². The van der Waals surface area contributed by atoms with E-state index >= 15 is 0 Å². The lowest BCUT2D eigenvalue weighted by atomic mass is 10.1. The van der Waals surface area contributed by atoms with Gasteiger partial charge in [-0.3, -0.25) is 9.35 Å². The fourth-order valence-corrected chi connectivity index (χ4v) is 3.08. The molecule has 0 spiro atoms. The second kappa shape index (κ2) is 5.54. The van der Waals surface area contributed by atoms with E-state index in [1.54, 1.807) is 0 Å². The van der Waals surface area contributed by atoms with Crippen LogP contribution in [0, 0.1) is 0 Å². The smallest absolute Gasteiger partial charge is 0.301 e. The van der Waals surface area contributed by atoms with Gasteiger partial charge in [-0.25, -0.2) is 0 Å². The van der Waals surface area contributed by atoms with Gasteiger partial charge in [-0.2, -0.15) is 8.42 Å². The molecule has 10 nitrogen and oxygen atoms in total. The average Bonchev–Trinajstić information content (AvgIpc) is 2.51. The zero-order valence-corrected chi connectivity index (χ0v) is 13.4. The number of phenolic OH excluding ortho intramolecular Hbond substituents is 4. The van der Waals surface area contributed by atoms with Crippen LogP contribution in [0.1, 0.15) is 0 Å². The van der Waals surface area contributed by atoms with Crippen LogP contribution in [0.3, 0.4) is 0 Å². The SMILES string of the molecule is O=c1c(O)c(-c2ccc(O)c(O)c2)oc2cc(O)c(S(=O)(=O)O)c(O)c12. The van der Waals surface area contributed by atoms with Gasteiger partial charge in [-0.05, 0) is 18.2 Å².